The van der Waals surface area contributed by atoms with Crippen molar-refractivity contribution in [1.82, 2.24) is 9.97 Å². The Balaban J connectivity index is 1.76. The van der Waals surface area contributed by atoms with E-state index in [0.29, 0.717) is 5.38 Å². The highest BCUT2D eigenvalue weighted by atomic mass is 35.5. The standard InChI is InChI=1S/C15H22ClN3/c1-19(9-11-7-12(16)8-11)15-13-5-3-2-4-6-14(13)17-10-18-15/h10-12H,2-9H2,1H3. The van der Waals surface area contributed by atoms with Crippen LogP contribution in [0.25, 0.3) is 0 Å². The summed E-state index contributed by atoms with van der Waals surface area (Å²) in [6, 6.07) is 0. The lowest BCUT2D eigenvalue weighted by atomic mass is 9.84. The predicted octanol–water partition coefficient (Wildman–Crippen LogP) is 3.20. The number of hydrogen-bond acceptors (Lipinski definition) is 3. The Morgan fingerprint density at radius 3 is 2.79 bits per heavy atom. The summed E-state index contributed by atoms with van der Waals surface area (Å²) in [7, 11) is 2.16. The maximum atomic E-state index is 6.07. The molecule has 0 aliphatic heterocycles. The van der Waals surface area contributed by atoms with Crippen molar-refractivity contribution in [1.29, 1.82) is 0 Å². The molecule has 1 aromatic rings. The minimum atomic E-state index is 0.404. The minimum absolute atomic E-state index is 0.404. The molecule has 0 aromatic carbocycles. The smallest absolute Gasteiger partial charge is 0.135 e. The van der Waals surface area contributed by atoms with E-state index in [4.69, 9.17) is 11.6 Å². The molecule has 1 heterocycles. The van der Waals surface area contributed by atoms with Gasteiger partial charge in [-0.05, 0) is 44.4 Å². The lowest BCUT2D eigenvalue weighted by Gasteiger charge is -2.35. The second kappa shape index (κ2) is 5.66. The Bertz CT molecular complexity index is 443. The first-order chi connectivity index (χ1) is 9.24. The fourth-order valence-electron chi connectivity index (χ4n) is 3.29. The summed E-state index contributed by atoms with van der Waals surface area (Å²) in [6.07, 6.45) is 10.2. The quantitative estimate of drug-likeness (QED) is 0.628. The molecule has 1 saturated carbocycles. The Morgan fingerprint density at radius 1 is 1.21 bits per heavy atom. The van der Waals surface area contributed by atoms with Crippen molar-refractivity contribution < 1.29 is 0 Å². The first-order valence-electron chi connectivity index (χ1n) is 7.42. The van der Waals surface area contributed by atoms with E-state index in [2.05, 4.69) is 21.9 Å². The molecule has 0 N–H and O–H groups in total. The summed E-state index contributed by atoms with van der Waals surface area (Å²) in [4.78, 5) is 11.4. The van der Waals surface area contributed by atoms with E-state index in [9.17, 15) is 0 Å². The Hall–Kier alpha value is -0.830. The normalized spacial score (nSPS) is 26.2. The van der Waals surface area contributed by atoms with E-state index in [1.165, 1.54) is 30.5 Å². The third-order valence-corrected chi connectivity index (χ3v) is 4.78. The molecule has 19 heavy (non-hydrogen) atoms. The summed E-state index contributed by atoms with van der Waals surface area (Å²) >= 11 is 6.07. The summed E-state index contributed by atoms with van der Waals surface area (Å²) < 4.78 is 0. The molecular formula is C15H22ClN3. The third-order valence-electron chi connectivity index (χ3n) is 4.42. The van der Waals surface area contributed by atoms with E-state index in [1.54, 1.807) is 6.33 Å². The number of hydrogen-bond donors (Lipinski definition) is 0. The third kappa shape index (κ3) is 2.86. The van der Waals surface area contributed by atoms with Crippen LogP contribution in [0.4, 0.5) is 5.82 Å². The lowest BCUT2D eigenvalue weighted by Crippen LogP contribution is -2.35. The van der Waals surface area contributed by atoms with Crippen LogP contribution >= 0.6 is 11.6 Å². The van der Waals surface area contributed by atoms with Crippen molar-refractivity contribution in [3.05, 3.63) is 17.6 Å². The molecule has 0 unspecified atom stereocenters. The van der Waals surface area contributed by atoms with Gasteiger partial charge in [-0.1, -0.05) is 6.42 Å². The second-order valence-corrected chi connectivity index (χ2v) is 6.62. The zero-order chi connectivity index (χ0) is 13.2. The topological polar surface area (TPSA) is 29.0 Å². The van der Waals surface area contributed by atoms with Crippen LogP contribution in [0.15, 0.2) is 6.33 Å². The van der Waals surface area contributed by atoms with Gasteiger partial charge in [-0.25, -0.2) is 9.97 Å². The van der Waals surface area contributed by atoms with Gasteiger partial charge in [0.2, 0.25) is 0 Å². The monoisotopic (exact) mass is 279 g/mol. The molecule has 0 atom stereocenters. The van der Waals surface area contributed by atoms with Crippen LogP contribution in [0.2, 0.25) is 0 Å². The maximum absolute atomic E-state index is 6.07. The molecule has 3 nitrogen and oxygen atoms in total. The van der Waals surface area contributed by atoms with Crippen LogP contribution in [0.1, 0.15) is 43.4 Å². The Kier molecular flexibility index (Phi) is 3.92. The molecule has 2 aliphatic carbocycles. The van der Waals surface area contributed by atoms with Gasteiger partial charge >= 0.3 is 0 Å². The molecule has 1 fully saturated rings. The summed E-state index contributed by atoms with van der Waals surface area (Å²) in [5.41, 5.74) is 2.67. The van der Waals surface area contributed by atoms with Crippen LogP contribution in [0, 0.1) is 5.92 Å². The highest BCUT2D eigenvalue weighted by Gasteiger charge is 2.29. The van der Waals surface area contributed by atoms with E-state index in [1.807, 2.05) is 0 Å². The maximum Gasteiger partial charge on any atom is 0.135 e. The molecule has 3 rings (SSSR count). The molecule has 0 amide bonds. The zero-order valence-electron chi connectivity index (χ0n) is 11.6. The molecule has 0 saturated heterocycles. The van der Waals surface area contributed by atoms with Gasteiger partial charge in [0, 0.05) is 30.2 Å². The highest BCUT2D eigenvalue weighted by Crippen LogP contribution is 2.34. The predicted molar refractivity (Wildman–Crippen MR) is 78.9 cm³/mol. The number of aryl methyl sites for hydroxylation is 1. The van der Waals surface area contributed by atoms with Crippen LogP contribution in [0.5, 0.6) is 0 Å². The first kappa shape index (κ1) is 13.2. The average Bonchev–Trinajstić information content (AvgIpc) is 2.61. The molecule has 0 spiro atoms. The van der Waals surface area contributed by atoms with E-state index in [0.717, 1.165) is 44.0 Å². The van der Waals surface area contributed by atoms with Crippen LogP contribution < -0.4 is 4.90 Å². The summed E-state index contributed by atoms with van der Waals surface area (Å²) in [5.74, 6) is 1.90. The average molecular weight is 280 g/mol. The van der Waals surface area contributed by atoms with Gasteiger partial charge in [-0.3, -0.25) is 0 Å². The summed E-state index contributed by atoms with van der Waals surface area (Å²) in [6.45, 7) is 1.08. The largest absolute Gasteiger partial charge is 0.359 e. The van der Waals surface area contributed by atoms with Crippen molar-refractivity contribution in [3.63, 3.8) is 0 Å². The highest BCUT2D eigenvalue weighted by molar-refractivity contribution is 6.21. The number of halogens is 1. The number of fused-ring (bicyclic) bond motifs is 1. The fourth-order valence-corrected chi connectivity index (χ4v) is 3.79. The van der Waals surface area contributed by atoms with Crippen LogP contribution in [-0.2, 0) is 12.8 Å². The first-order valence-corrected chi connectivity index (χ1v) is 7.85. The van der Waals surface area contributed by atoms with Crippen molar-refractivity contribution in [2.45, 2.75) is 50.3 Å². The van der Waals surface area contributed by atoms with Crippen molar-refractivity contribution in [2.75, 3.05) is 18.5 Å². The van der Waals surface area contributed by atoms with Crippen molar-refractivity contribution in [2.24, 2.45) is 5.92 Å². The van der Waals surface area contributed by atoms with Gasteiger partial charge in [0.15, 0.2) is 0 Å². The second-order valence-electron chi connectivity index (χ2n) is 6.00. The van der Waals surface area contributed by atoms with E-state index in [-0.39, 0.29) is 0 Å². The molecule has 104 valence electrons. The van der Waals surface area contributed by atoms with E-state index >= 15 is 0 Å². The van der Waals surface area contributed by atoms with Crippen molar-refractivity contribution in [3.8, 4) is 0 Å². The molecule has 0 radical (unpaired) electrons. The van der Waals surface area contributed by atoms with Gasteiger partial charge in [0.25, 0.3) is 0 Å². The SMILES string of the molecule is CN(CC1CC(Cl)C1)c1ncnc2c1CCCCC2. The fraction of sp³-hybridized carbons (Fsp3) is 0.733. The van der Waals surface area contributed by atoms with Crippen LogP contribution in [0.3, 0.4) is 0 Å². The lowest BCUT2D eigenvalue weighted by molar-refractivity contribution is 0.328. The Morgan fingerprint density at radius 2 is 2.00 bits per heavy atom. The number of aromatic nitrogens is 2. The number of rotatable bonds is 3. The van der Waals surface area contributed by atoms with Gasteiger partial charge in [-0.2, -0.15) is 0 Å². The van der Waals surface area contributed by atoms with Gasteiger partial charge in [0.1, 0.15) is 12.1 Å². The molecule has 0 bridgehead atoms. The van der Waals surface area contributed by atoms with Gasteiger partial charge < -0.3 is 4.90 Å². The molecule has 4 heteroatoms. The zero-order valence-corrected chi connectivity index (χ0v) is 12.4. The molecule has 1 aromatic heterocycles. The number of nitrogens with zero attached hydrogens (tertiary/aromatic N) is 3. The molecular weight excluding hydrogens is 258 g/mol. The molecule has 2 aliphatic rings. The van der Waals surface area contributed by atoms with Gasteiger partial charge in [-0.15, -0.1) is 11.6 Å². The van der Waals surface area contributed by atoms with Crippen LogP contribution in [-0.4, -0.2) is 28.9 Å². The number of anilines is 1. The number of alkyl halides is 1. The minimum Gasteiger partial charge on any atom is -0.359 e. The van der Waals surface area contributed by atoms with E-state index < -0.39 is 0 Å². The van der Waals surface area contributed by atoms with Crippen molar-refractivity contribution >= 4 is 17.4 Å². The summed E-state index contributed by atoms with van der Waals surface area (Å²) in [5, 5.41) is 0.404. The van der Waals surface area contributed by atoms with Gasteiger partial charge in [0.05, 0.1) is 0 Å². The Labute approximate surface area is 120 Å².